The average molecular weight is 182 g/mol. The van der Waals surface area contributed by atoms with Crippen LogP contribution in [-0.4, -0.2) is 19.6 Å². The molecule has 0 spiro atoms. The maximum absolute atomic E-state index is 5.29. The Morgan fingerprint density at radius 3 is 2.69 bits per heavy atom. The van der Waals surface area contributed by atoms with E-state index in [1.807, 2.05) is 6.07 Å². The van der Waals surface area contributed by atoms with E-state index in [1.165, 1.54) is 5.56 Å². The Balaban J connectivity index is 2.10. The van der Waals surface area contributed by atoms with Crippen LogP contribution in [0.2, 0.25) is 0 Å². The smallest absolute Gasteiger partial charge is 0.120 e. The zero-order valence-electron chi connectivity index (χ0n) is 8.39. The monoisotopic (exact) mass is 182 g/mol. The predicted molar refractivity (Wildman–Crippen MR) is 53.7 cm³/mol. The summed E-state index contributed by atoms with van der Waals surface area (Å²) in [6, 6.07) is 1.99. The molecular formula is C10H18N2O. The highest BCUT2D eigenvalue weighted by Gasteiger charge is 1.99. The molecule has 1 rings (SSSR count). The summed E-state index contributed by atoms with van der Waals surface area (Å²) in [5.74, 6) is 1.04. The van der Waals surface area contributed by atoms with Gasteiger partial charge >= 0.3 is 0 Å². The molecule has 0 fully saturated rings. The Kier molecular flexibility index (Phi) is 4.57. The van der Waals surface area contributed by atoms with Crippen LogP contribution in [0.5, 0.6) is 0 Å². The van der Waals surface area contributed by atoms with Crippen molar-refractivity contribution in [2.45, 2.75) is 20.4 Å². The van der Waals surface area contributed by atoms with Crippen molar-refractivity contribution in [2.75, 3.05) is 19.6 Å². The minimum atomic E-state index is 0.824. The van der Waals surface area contributed by atoms with Gasteiger partial charge in [-0.3, -0.25) is 0 Å². The topological polar surface area (TPSA) is 37.2 Å². The molecule has 2 N–H and O–H groups in total. The van der Waals surface area contributed by atoms with Crippen LogP contribution < -0.4 is 10.6 Å². The molecule has 0 atom stereocenters. The van der Waals surface area contributed by atoms with Crippen molar-refractivity contribution in [3.05, 3.63) is 23.7 Å². The number of hydrogen-bond acceptors (Lipinski definition) is 3. The molecule has 0 saturated carbocycles. The van der Waals surface area contributed by atoms with Crippen LogP contribution in [0, 0.1) is 6.92 Å². The summed E-state index contributed by atoms with van der Waals surface area (Å²) in [6.45, 7) is 8.01. The molecule has 0 aliphatic carbocycles. The third kappa shape index (κ3) is 3.61. The molecule has 0 unspecified atom stereocenters. The molecule has 74 valence electrons. The van der Waals surface area contributed by atoms with E-state index < -0.39 is 0 Å². The summed E-state index contributed by atoms with van der Waals surface area (Å²) < 4.78 is 5.29. The minimum absolute atomic E-state index is 0.824. The van der Waals surface area contributed by atoms with Crippen molar-refractivity contribution >= 4 is 0 Å². The van der Waals surface area contributed by atoms with Crippen molar-refractivity contribution in [3.63, 3.8) is 0 Å². The molecule has 1 heterocycles. The highest BCUT2D eigenvalue weighted by Crippen LogP contribution is 2.07. The first-order valence-corrected chi connectivity index (χ1v) is 4.79. The van der Waals surface area contributed by atoms with Crippen LogP contribution in [-0.2, 0) is 6.54 Å². The summed E-state index contributed by atoms with van der Waals surface area (Å²) >= 11 is 0. The standard InChI is InChI=1S/C10H18N2O/c1-3-11-5-6-12-8-10-9(2)4-7-13-10/h4,7,11-12H,3,5-6,8H2,1-2H3. The number of furan rings is 1. The van der Waals surface area contributed by atoms with Gasteiger partial charge in [-0.2, -0.15) is 0 Å². The van der Waals surface area contributed by atoms with Gasteiger partial charge in [0.05, 0.1) is 12.8 Å². The van der Waals surface area contributed by atoms with E-state index in [2.05, 4.69) is 24.5 Å². The van der Waals surface area contributed by atoms with E-state index >= 15 is 0 Å². The Morgan fingerprint density at radius 2 is 2.08 bits per heavy atom. The molecule has 0 amide bonds. The van der Waals surface area contributed by atoms with Gasteiger partial charge in [-0.25, -0.2) is 0 Å². The second-order valence-corrected chi connectivity index (χ2v) is 3.06. The largest absolute Gasteiger partial charge is 0.468 e. The van der Waals surface area contributed by atoms with Gasteiger partial charge in [-0.15, -0.1) is 0 Å². The lowest BCUT2D eigenvalue weighted by atomic mass is 10.3. The summed E-state index contributed by atoms with van der Waals surface area (Å²) in [5, 5.41) is 6.56. The third-order valence-electron chi connectivity index (χ3n) is 1.98. The molecule has 0 aliphatic heterocycles. The number of nitrogens with one attached hydrogen (secondary N) is 2. The predicted octanol–water partition coefficient (Wildman–Crippen LogP) is 1.29. The lowest BCUT2D eigenvalue weighted by Gasteiger charge is -2.03. The van der Waals surface area contributed by atoms with Crippen LogP contribution in [0.25, 0.3) is 0 Å². The first-order chi connectivity index (χ1) is 6.34. The quantitative estimate of drug-likeness (QED) is 0.651. The van der Waals surface area contributed by atoms with Crippen LogP contribution in [0.1, 0.15) is 18.2 Å². The van der Waals surface area contributed by atoms with Gasteiger partial charge in [-0.05, 0) is 25.1 Å². The summed E-state index contributed by atoms with van der Waals surface area (Å²) in [4.78, 5) is 0. The fourth-order valence-electron chi connectivity index (χ4n) is 1.14. The first-order valence-electron chi connectivity index (χ1n) is 4.79. The fourth-order valence-corrected chi connectivity index (χ4v) is 1.14. The SMILES string of the molecule is CCNCCNCc1occc1C. The lowest BCUT2D eigenvalue weighted by molar-refractivity contribution is 0.478. The van der Waals surface area contributed by atoms with Crippen LogP contribution in [0.15, 0.2) is 16.7 Å². The van der Waals surface area contributed by atoms with E-state index in [1.54, 1.807) is 6.26 Å². The van der Waals surface area contributed by atoms with Gasteiger partial charge < -0.3 is 15.1 Å². The molecule has 0 aromatic carbocycles. The summed E-state index contributed by atoms with van der Waals surface area (Å²) in [7, 11) is 0. The minimum Gasteiger partial charge on any atom is -0.468 e. The number of aryl methyl sites for hydroxylation is 1. The van der Waals surface area contributed by atoms with Gasteiger partial charge in [-0.1, -0.05) is 6.92 Å². The molecule has 0 radical (unpaired) electrons. The number of rotatable bonds is 6. The van der Waals surface area contributed by atoms with Gasteiger partial charge in [0, 0.05) is 13.1 Å². The molecule has 0 bridgehead atoms. The first kappa shape index (κ1) is 10.3. The van der Waals surface area contributed by atoms with Crippen LogP contribution >= 0.6 is 0 Å². The number of likely N-dealkylation sites (N-methyl/N-ethyl adjacent to an activating group) is 1. The van der Waals surface area contributed by atoms with Crippen molar-refractivity contribution < 1.29 is 4.42 Å². The van der Waals surface area contributed by atoms with Gasteiger partial charge in [0.25, 0.3) is 0 Å². The summed E-state index contributed by atoms with van der Waals surface area (Å²) in [6.07, 6.45) is 1.73. The average Bonchev–Trinajstić information content (AvgIpc) is 2.52. The van der Waals surface area contributed by atoms with E-state index in [-0.39, 0.29) is 0 Å². The molecular weight excluding hydrogens is 164 g/mol. The maximum Gasteiger partial charge on any atom is 0.120 e. The van der Waals surface area contributed by atoms with Crippen LogP contribution in [0.4, 0.5) is 0 Å². The summed E-state index contributed by atoms with van der Waals surface area (Å²) in [5.41, 5.74) is 1.22. The molecule has 0 aliphatic rings. The molecule has 1 aromatic rings. The van der Waals surface area contributed by atoms with E-state index in [4.69, 9.17) is 4.42 Å². The molecule has 3 heteroatoms. The Morgan fingerprint density at radius 1 is 1.31 bits per heavy atom. The Bertz CT molecular complexity index is 233. The van der Waals surface area contributed by atoms with E-state index in [0.717, 1.165) is 31.9 Å². The highest BCUT2D eigenvalue weighted by atomic mass is 16.3. The zero-order chi connectivity index (χ0) is 9.52. The van der Waals surface area contributed by atoms with Crippen molar-refractivity contribution in [3.8, 4) is 0 Å². The molecule has 1 aromatic heterocycles. The molecule has 3 nitrogen and oxygen atoms in total. The van der Waals surface area contributed by atoms with Crippen LogP contribution in [0.3, 0.4) is 0 Å². The fraction of sp³-hybridized carbons (Fsp3) is 0.600. The zero-order valence-corrected chi connectivity index (χ0v) is 8.39. The Labute approximate surface area is 79.5 Å². The maximum atomic E-state index is 5.29. The molecule has 0 saturated heterocycles. The van der Waals surface area contributed by atoms with Gasteiger partial charge in [0.1, 0.15) is 5.76 Å². The van der Waals surface area contributed by atoms with Crippen molar-refractivity contribution in [2.24, 2.45) is 0 Å². The normalized spacial score (nSPS) is 10.6. The second kappa shape index (κ2) is 5.78. The van der Waals surface area contributed by atoms with Gasteiger partial charge in [0.2, 0.25) is 0 Å². The van der Waals surface area contributed by atoms with Gasteiger partial charge in [0.15, 0.2) is 0 Å². The second-order valence-electron chi connectivity index (χ2n) is 3.06. The van der Waals surface area contributed by atoms with Crippen molar-refractivity contribution in [1.29, 1.82) is 0 Å². The number of hydrogen-bond donors (Lipinski definition) is 2. The van der Waals surface area contributed by atoms with E-state index in [9.17, 15) is 0 Å². The highest BCUT2D eigenvalue weighted by molar-refractivity contribution is 5.13. The third-order valence-corrected chi connectivity index (χ3v) is 1.98. The Hall–Kier alpha value is -0.800. The lowest BCUT2D eigenvalue weighted by Crippen LogP contribution is -2.26. The molecule has 13 heavy (non-hydrogen) atoms. The van der Waals surface area contributed by atoms with Crippen molar-refractivity contribution in [1.82, 2.24) is 10.6 Å². The van der Waals surface area contributed by atoms with E-state index in [0.29, 0.717) is 0 Å².